The Labute approximate surface area is 120 Å². The van der Waals surface area contributed by atoms with Crippen molar-refractivity contribution in [3.63, 3.8) is 0 Å². The Hall–Kier alpha value is -1.42. The summed E-state index contributed by atoms with van der Waals surface area (Å²) in [7, 11) is 2.15. The lowest BCUT2D eigenvalue weighted by molar-refractivity contribution is -0.137. The quantitative estimate of drug-likeness (QED) is 0.843. The summed E-state index contributed by atoms with van der Waals surface area (Å²) in [6.45, 7) is 2.89. The Kier molecular flexibility index (Phi) is 4.01. The maximum absolute atomic E-state index is 12.3. The van der Waals surface area contributed by atoms with Crippen LogP contribution in [0.15, 0.2) is 24.5 Å². The molecule has 20 heavy (non-hydrogen) atoms. The fourth-order valence-corrected chi connectivity index (χ4v) is 3.26. The number of piperidine rings is 1. The molecule has 0 N–H and O–H groups in total. The molecule has 0 radical (unpaired) electrons. The topological polar surface area (TPSA) is 36.4 Å². The van der Waals surface area contributed by atoms with Crippen LogP contribution in [0.4, 0.5) is 0 Å². The van der Waals surface area contributed by atoms with Gasteiger partial charge >= 0.3 is 0 Å². The summed E-state index contributed by atoms with van der Waals surface area (Å²) in [5, 5.41) is 0. The van der Waals surface area contributed by atoms with E-state index >= 15 is 0 Å². The van der Waals surface area contributed by atoms with Crippen molar-refractivity contribution < 1.29 is 4.79 Å². The standard InChI is InChI=1S/C16H23N3O/c1-18-9-3-2-4-15(18)10-16(20)19-11-14(12-19)13-5-7-17-8-6-13/h5-8,14-15H,2-4,9-12H2,1H3/t15-/m0/s1. The summed E-state index contributed by atoms with van der Waals surface area (Å²) in [6, 6.07) is 4.57. The summed E-state index contributed by atoms with van der Waals surface area (Å²) >= 11 is 0. The van der Waals surface area contributed by atoms with Crippen molar-refractivity contribution in [1.82, 2.24) is 14.8 Å². The van der Waals surface area contributed by atoms with Gasteiger partial charge in [-0.1, -0.05) is 6.42 Å². The van der Waals surface area contributed by atoms with Crippen molar-refractivity contribution in [3.8, 4) is 0 Å². The number of rotatable bonds is 3. The number of amides is 1. The maximum Gasteiger partial charge on any atom is 0.224 e. The van der Waals surface area contributed by atoms with Gasteiger partial charge in [0.25, 0.3) is 0 Å². The van der Waals surface area contributed by atoms with E-state index in [1.165, 1.54) is 24.8 Å². The van der Waals surface area contributed by atoms with E-state index in [0.29, 0.717) is 24.3 Å². The Bertz CT molecular complexity index is 456. The molecule has 3 heterocycles. The van der Waals surface area contributed by atoms with Gasteiger partial charge in [0, 0.05) is 43.9 Å². The van der Waals surface area contributed by atoms with Gasteiger partial charge in [0.05, 0.1) is 0 Å². The largest absolute Gasteiger partial charge is 0.341 e. The highest BCUT2D eigenvalue weighted by Gasteiger charge is 2.33. The monoisotopic (exact) mass is 273 g/mol. The second kappa shape index (κ2) is 5.92. The van der Waals surface area contributed by atoms with Gasteiger partial charge in [0.2, 0.25) is 5.91 Å². The number of aromatic nitrogens is 1. The Morgan fingerprint density at radius 2 is 2.05 bits per heavy atom. The van der Waals surface area contributed by atoms with Crippen molar-refractivity contribution in [1.29, 1.82) is 0 Å². The molecule has 0 saturated carbocycles. The van der Waals surface area contributed by atoms with Gasteiger partial charge < -0.3 is 9.80 Å². The molecule has 3 rings (SSSR count). The van der Waals surface area contributed by atoms with Crippen LogP contribution < -0.4 is 0 Å². The van der Waals surface area contributed by atoms with Crippen molar-refractivity contribution in [2.45, 2.75) is 37.6 Å². The summed E-state index contributed by atoms with van der Waals surface area (Å²) in [5.74, 6) is 0.833. The molecule has 4 heteroatoms. The van der Waals surface area contributed by atoms with Gasteiger partial charge in [-0.05, 0) is 44.1 Å². The third kappa shape index (κ3) is 2.85. The van der Waals surface area contributed by atoms with E-state index in [-0.39, 0.29) is 0 Å². The average molecular weight is 273 g/mol. The van der Waals surface area contributed by atoms with E-state index in [9.17, 15) is 4.79 Å². The van der Waals surface area contributed by atoms with Gasteiger partial charge in [-0.25, -0.2) is 0 Å². The average Bonchev–Trinajstić information content (AvgIpc) is 2.41. The molecule has 1 amide bonds. The van der Waals surface area contributed by atoms with Crippen LogP contribution >= 0.6 is 0 Å². The first-order valence-corrected chi connectivity index (χ1v) is 7.62. The fraction of sp³-hybridized carbons (Fsp3) is 0.625. The Balaban J connectivity index is 1.48. The second-order valence-electron chi connectivity index (χ2n) is 6.11. The second-order valence-corrected chi connectivity index (χ2v) is 6.11. The SMILES string of the molecule is CN1CCCC[C@H]1CC(=O)N1CC(c2ccncc2)C1. The molecule has 2 aliphatic heterocycles. The molecule has 0 aliphatic carbocycles. The lowest BCUT2D eigenvalue weighted by Crippen LogP contribution is -2.50. The molecule has 4 nitrogen and oxygen atoms in total. The molecule has 2 fully saturated rings. The predicted molar refractivity (Wildman–Crippen MR) is 78.4 cm³/mol. The molecule has 0 unspecified atom stereocenters. The molecular weight excluding hydrogens is 250 g/mol. The van der Waals surface area contributed by atoms with E-state index in [4.69, 9.17) is 0 Å². The lowest BCUT2D eigenvalue weighted by atomic mass is 9.91. The highest BCUT2D eigenvalue weighted by Crippen LogP contribution is 2.28. The summed E-state index contributed by atoms with van der Waals surface area (Å²) in [6.07, 6.45) is 8.06. The summed E-state index contributed by atoms with van der Waals surface area (Å²) in [5.41, 5.74) is 1.30. The molecule has 0 spiro atoms. The third-order valence-electron chi connectivity index (χ3n) is 4.74. The number of pyridine rings is 1. The van der Waals surface area contributed by atoms with Crippen LogP contribution in [0, 0.1) is 0 Å². The van der Waals surface area contributed by atoms with Crippen LogP contribution in [0.25, 0.3) is 0 Å². The molecule has 1 aromatic heterocycles. The van der Waals surface area contributed by atoms with E-state index in [1.807, 2.05) is 17.3 Å². The number of carbonyl (C=O) groups is 1. The number of hydrogen-bond donors (Lipinski definition) is 0. The third-order valence-corrected chi connectivity index (χ3v) is 4.74. The van der Waals surface area contributed by atoms with Gasteiger partial charge in [-0.2, -0.15) is 0 Å². The van der Waals surface area contributed by atoms with E-state index < -0.39 is 0 Å². The lowest BCUT2D eigenvalue weighted by Gasteiger charge is -2.41. The maximum atomic E-state index is 12.3. The van der Waals surface area contributed by atoms with Crippen molar-refractivity contribution in [3.05, 3.63) is 30.1 Å². The smallest absolute Gasteiger partial charge is 0.224 e. The molecule has 1 atom stereocenters. The van der Waals surface area contributed by atoms with E-state index in [0.717, 1.165) is 19.6 Å². The molecule has 0 aromatic carbocycles. The molecule has 108 valence electrons. The zero-order valence-electron chi connectivity index (χ0n) is 12.2. The first kappa shape index (κ1) is 13.6. The van der Waals surface area contributed by atoms with Crippen LogP contribution in [0.2, 0.25) is 0 Å². The van der Waals surface area contributed by atoms with E-state index in [2.05, 4.69) is 29.1 Å². The van der Waals surface area contributed by atoms with Crippen LogP contribution in [0.3, 0.4) is 0 Å². The van der Waals surface area contributed by atoms with Crippen LogP contribution in [0.5, 0.6) is 0 Å². The van der Waals surface area contributed by atoms with Crippen LogP contribution in [-0.2, 0) is 4.79 Å². The van der Waals surface area contributed by atoms with Gasteiger partial charge in [0.1, 0.15) is 0 Å². The van der Waals surface area contributed by atoms with Crippen molar-refractivity contribution in [2.24, 2.45) is 0 Å². The van der Waals surface area contributed by atoms with Crippen molar-refractivity contribution in [2.75, 3.05) is 26.7 Å². The minimum Gasteiger partial charge on any atom is -0.341 e. The summed E-state index contributed by atoms with van der Waals surface area (Å²) < 4.78 is 0. The molecule has 2 saturated heterocycles. The van der Waals surface area contributed by atoms with Crippen LogP contribution in [-0.4, -0.2) is 53.4 Å². The Morgan fingerprint density at radius 3 is 2.75 bits per heavy atom. The van der Waals surface area contributed by atoms with Gasteiger partial charge in [0.15, 0.2) is 0 Å². The number of hydrogen-bond acceptors (Lipinski definition) is 3. The zero-order valence-corrected chi connectivity index (χ0v) is 12.2. The fourth-order valence-electron chi connectivity index (χ4n) is 3.26. The summed E-state index contributed by atoms with van der Waals surface area (Å²) in [4.78, 5) is 20.7. The van der Waals surface area contributed by atoms with Crippen molar-refractivity contribution >= 4 is 5.91 Å². The molecular formula is C16H23N3O. The first-order valence-electron chi connectivity index (χ1n) is 7.62. The highest BCUT2D eigenvalue weighted by atomic mass is 16.2. The molecule has 2 aliphatic rings. The normalized spacial score (nSPS) is 24.4. The zero-order chi connectivity index (χ0) is 13.9. The number of likely N-dealkylation sites (tertiary alicyclic amines) is 2. The highest BCUT2D eigenvalue weighted by molar-refractivity contribution is 5.78. The van der Waals surface area contributed by atoms with Crippen LogP contribution in [0.1, 0.15) is 37.2 Å². The minimum absolute atomic E-state index is 0.328. The Morgan fingerprint density at radius 1 is 1.30 bits per heavy atom. The molecule has 1 aromatic rings. The van der Waals surface area contributed by atoms with E-state index in [1.54, 1.807) is 0 Å². The number of carbonyl (C=O) groups excluding carboxylic acids is 1. The molecule has 0 bridgehead atoms. The number of nitrogens with zero attached hydrogens (tertiary/aromatic N) is 3. The van der Waals surface area contributed by atoms with Gasteiger partial charge in [-0.3, -0.25) is 9.78 Å². The predicted octanol–water partition coefficient (Wildman–Crippen LogP) is 1.88. The minimum atomic E-state index is 0.328. The first-order chi connectivity index (χ1) is 9.74. The van der Waals surface area contributed by atoms with Gasteiger partial charge in [-0.15, -0.1) is 0 Å².